The molecule has 0 amide bonds. The SMILES string of the molecule is C=CCCCc1ccc(C)cc1N(C)C. The van der Waals surface area contributed by atoms with Crippen LogP contribution in [0, 0.1) is 6.92 Å². The molecule has 0 bridgehead atoms. The minimum atomic E-state index is 1.10. The van der Waals surface area contributed by atoms with Crippen LogP contribution in [0.1, 0.15) is 24.0 Å². The summed E-state index contributed by atoms with van der Waals surface area (Å²) in [5.41, 5.74) is 4.11. The lowest BCUT2D eigenvalue weighted by molar-refractivity contribution is 0.840. The topological polar surface area (TPSA) is 3.24 Å². The summed E-state index contributed by atoms with van der Waals surface area (Å²) in [7, 11) is 4.21. The first-order valence-electron chi connectivity index (χ1n) is 5.53. The summed E-state index contributed by atoms with van der Waals surface area (Å²) in [6.45, 7) is 5.89. The van der Waals surface area contributed by atoms with Crippen LogP contribution in [0.25, 0.3) is 0 Å². The van der Waals surface area contributed by atoms with Crippen molar-refractivity contribution >= 4 is 5.69 Å². The Kier molecular flexibility index (Phi) is 4.41. The first-order valence-corrected chi connectivity index (χ1v) is 5.53. The van der Waals surface area contributed by atoms with Crippen molar-refractivity contribution in [1.29, 1.82) is 0 Å². The van der Waals surface area contributed by atoms with Gasteiger partial charge in [-0.2, -0.15) is 0 Å². The summed E-state index contributed by atoms with van der Waals surface area (Å²) < 4.78 is 0. The maximum Gasteiger partial charge on any atom is 0.0396 e. The second-order valence-corrected chi connectivity index (χ2v) is 4.21. The molecule has 0 atom stereocenters. The second kappa shape index (κ2) is 5.59. The van der Waals surface area contributed by atoms with Crippen LogP contribution in [0.4, 0.5) is 5.69 Å². The molecule has 0 saturated heterocycles. The van der Waals surface area contributed by atoms with Crippen LogP contribution in [-0.2, 0) is 6.42 Å². The van der Waals surface area contributed by atoms with E-state index in [-0.39, 0.29) is 0 Å². The summed E-state index contributed by atoms with van der Waals surface area (Å²) in [5, 5.41) is 0. The third-order valence-electron chi connectivity index (χ3n) is 2.58. The van der Waals surface area contributed by atoms with Crippen molar-refractivity contribution in [3.05, 3.63) is 42.0 Å². The largest absolute Gasteiger partial charge is 0.377 e. The molecule has 1 rings (SSSR count). The van der Waals surface area contributed by atoms with Gasteiger partial charge in [-0.25, -0.2) is 0 Å². The molecular formula is C14H21N. The van der Waals surface area contributed by atoms with E-state index in [1.807, 2.05) is 6.08 Å². The number of benzene rings is 1. The van der Waals surface area contributed by atoms with E-state index in [4.69, 9.17) is 0 Å². The number of hydrogen-bond acceptors (Lipinski definition) is 1. The molecule has 0 unspecified atom stereocenters. The third-order valence-corrected chi connectivity index (χ3v) is 2.58. The predicted octanol–water partition coefficient (Wildman–Crippen LogP) is 3.57. The zero-order valence-corrected chi connectivity index (χ0v) is 10.1. The van der Waals surface area contributed by atoms with Gasteiger partial charge in [0.05, 0.1) is 0 Å². The van der Waals surface area contributed by atoms with Crippen molar-refractivity contribution in [2.75, 3.05) is 19.0 Å². The van der Waals surface area contributed by atoms with Crippen LogP contribution in [0.5, 0.6) is 0 Å². The van der Waals surface area contributed by atoms with Crippen LogP contribution >= 0.6 is 0 Å². The second-order valence-electron chi connectivity index (χ2n) is 4.21. The summed E-state index contributed by atoms with van der Waals surface area (Å²) in [4.78, 5) is 2.19. The minimum absolute atomic E-state index is 1.10. The zero-order valence-electron chi connectivity index (χ0n) is 10.1. The highest BCUT2D eigenvalue weighted by Gasteiger charge is 2.03. The van der Waals surface area contributed by atoms with Gasteiger partial charge in [-0.1, -0.05) is 18.2 Å². The van der Waals surface area contributed by atoms with Gasteiger partial charge in [-0.3, -0.25) is 0 Å². The molecule has 1 heteroatoms. The fourth-order valence-electron chi connectivity index (χ4n) is 1.74. The third kappa shape index (κ3) is 3.43. The molecule has 0 aliphatic rings. The Bertz CT molecular complexity index is 326. The van der Waals surface area contributed by atoms with Gasteiger partial charge >= 0.3 is 0 Å². The molecule has 0 heterocycles. The molecule has 82 valence electrons. The quantitative estimate of drug-likeness (QED) is 0.522. The van der Waals surface area contributed by atoms with E-state index in [1.165, 1.54) is 23.2 Å². The molecular weight excluding hydrogens is 182 g/mol. The van der Waals surface area contributed by atoms with Crippen molar-refractivity contribution < 1.29 is 0 Å². The molecule has 0 aliphatic heterocycles. The minimum Gasteiger partial charge on any atom is -0.377 e. The summed E-state index contributed by atoms with van der Waals surface area (Å²) in [5.74, 6) is 0. The van der Waals surface area contributed by atoms with Gasteiger partial charge < -0.3 is 4.90 Å². The van der Waals surface area contributed by atoms with E-state index >= 15 is 0 Å². The summed E-state index contributed by atoms with van der Waals surface area (Å²) in [6.07, 6.45) is 5.41. The lowest BCUT2D eigenvalue weighted by atomic mass is 10.0. The average molecular weight is 203 g/mol. The Labute approximate surface area is 93.4 Å². The van der Waals surface area contributed by atoms with Crippen LogP contribution in [0.15, 0.2) is 30.9 Å². The van der Waals surface area contributed by atoms with E-state index in [2.05, 4.69) is 50.7 Å². The van der Waals surface area contributed by atoms with Gasteiger partial charge in [0.25, 0.3) is 0 Å². The monoisotopic (exact) mass is 203 g/mol. The number of unbranched alkanes of at least 4 members (excludes halogenated alkanes) is 1. The fourth-order valence-corrected chi connectivity index (χ4v) is 1.74. The molecule has 0 radical (unpaired) electrons. The highest BCUT2D eigenvalue weighted by Crippen LogP contribution is 2.22. The Hall–Kier alpha value is -1.24. The van der Waals surface area contributed by atoms with Crippen LogP contribution in [0.2, 0.25) is 0 Å². The van der Waals surface area contributed by atoms with E-state index in [0.717, 1.165) is 12.8 Å². The van der Waals surface area contributed by atoms with Gasteiger partial charge in [-0.15, -0.1) is 6.58 Å². The van der Waals surface area contributed by atoms with E-state index < -0.39 is 0 Å². The van der Waals surface area contributed by atoms with Gasteiger partial charge in [0.2, 0.25) is 0 Å². The lowest BCUT2D eigenvalue weighted by Crippen LogP contribution is -2.11. The predicted molar refractivity (Wildman–Crippen MR) is 68.6 cm³/mol. The number of hydrogen-bond donors (Lipinski definition) is 0. The van der Waals surface area contributed by atoms with Crippen molar-refractivity contribution in [2.24, 2.45) is 0 Å². The first-order chi connectivity index (χ1) is 7.15. The van der Waals surface area contributed by atoms with Gasteiger partial charge in [0, 0.05) is 19.8 Å². The van der Waals surface area contributed by atoms with Crippen LogP contribution in [-0.4, -0.2) is 14.1 Å². The molecule has 1 aromatic rings. The van der Waals surface area contributed by atoms with Crippen molar-refractivity contribution in [3.63, 3.8) is 0 Å². The molecule has 0 aliphatic carbocycles. The van der Waals surface area contributed by atoms with E-state index in [9.17, 15) is 0 Å². The first kappa shape index (κ1) is 11.8. The maximum absolute atomic E-state index is 3.75. The Morgan fingerprint density at radius 1 is 1.33 bits per heavy atom. The normalized spacial score (nSPS) is 10.1. The highest BCUT2D eigenvalue weighted by atomic mass is 15.1. The Balaban J connectivity index is 2.81. The molecule has 0 N–H and O–H groups in total. The van der Waals surface area contributed by atoms with Crippen molar-refractivity contribution in [2.45, 2.75) is 26.2 Å². The van der Waals surface area contributed by atoms with Crippen molar-refractivity contribution in [1.82, 2.24) is 0 Å². The van der Waals surface area contributed by atoms with Gasteiger partial charge in [0.15, 0.2) is 0 Å². The Morgan fingerprint density at radius 2 is 2.07 bits per heavy atom. The average Bonchev–Trinajstić information content (AvgIpc) is 2.20. The number of aryl methyl sites for hydroxylation is 2. The van der Waals surface area contributed by atoms with E-state index in [1.54, 1.807) is 0 Å². The van der Waals surface area contributed by atoms with Crippen LogP contribution in [0.3, 0.4) is 0 Å². The van der Waals surface area contributed by atoms with Crippen molar-refractivity contribution in [3.8, 4) is 0 Å². The summed E-state index contributed by atoms with van der Waals surface area (Å²) >= 11 is 0. The lowest BCUT2D eigenvalue weighted by Gasteiger charge is -2.18. The molecule has 1 aromatic carbocycles. The Morgan fingerprint density at radius 3 is 2.67 bits per heavy atom. The maximum atomic E-state index is 3.75. The molecule has 0 fully saturated rings. The molecule has 0 saturated carbocycles. The molecule has 1 nitrogen and oxygen atoms in total. The zero-order chi connectivity index (χ0) is 11.3. The molecule has 0 spiro atoms. The number of nitrogens with zero attached hydrogens (tertiary/aromatic N) is 1. The van der Waals surface area contributed by atoms with Gasteiger partial charge in [-0.05, 0) is 43.4 Å². The number of allylic oxidation sites excluding steroid dienone is 1. The standard InChI is InChI=1S/C14H21N/c1-5-6-7-8-13-10-9-12(2)11-14(13)15(3)4/h5,9-11H,1,6-8H2,2-4H3. The number of rotatable bonds is 5. The van der Waals surface area contributed by atoms with Gasteiger partial charge in [0.1, 0.15) is 0 Å². The smallest absolute Gasteiger partial charge is 0.0396 e. The van der Waals surface area contributed by atoms with E-state index in [0.29, 0.717) is 0 Å². The van der Waals surface area contributed by atoms with Crippen LogP contribution < -0.4 is 4.90 Å². The molecule has 0 aromatic heterocycles. The molecule has 15 heavy (non-hydrogen) atoms. The number of anilines is 1. The fraction of sp³-hybridized carbons (Fsp3) is 0.429. The summed E-state index contributed by atoms with van der Waals surface area (Å²) in [6, 6.07) is 6.69. The highest BCUT2D eigenvalue weighted by molar-refractivity contribution is 5.54.